The number of pyridine rings is 1. The molecule has 4 rings (SSSR count). The van der Waals surface area contributed by atoms with Gasteiger partial charge in [0.1, 0.15) is 0 Å². The molecular weight excluding hydrogens is 350 g/mol. The van der Waals surface area contributed by atoms with Crippen molar-refractivity contribution in [3.05, 3.63) is 36.3 Å². The molecule has 3 aromatic rings. The molecule has 1 atom stereocenters. The first-order chi connectivity index (χ1) is 12.7. The van der Waals surface area contributed by atoms with E-state index in [4.69, 9.17) is 5.73 Å². The van der Waals surface area contributed by atoms with E-state index in [-0.39, 0.29) is 18.3 Å². The molecule has 0 bridgehead atoms. The number of anilines is 1. The highest BCUT2D eigenvalue weighted by molar-refractivity contribution is 5.83. The van der Waals surface area contributed by atoms with Gasteiger partial charge in [-0.2, -0.15) is 0 Å². The minimum absolute atomic E-state index is 0.104. The molecule has 0 aliphatic heterocycles. The van der Waals surface area contributed by atoms with E-state index in [1.807, 2.05) is 45.2 Å². The van der Waals surface area contributed by atoms with Crippen LogP contribution in [0.4, 0.5) is 20.4 Å². The molecule has 0 spiro atoms. The zero-order valence-corrected chi connectivity index (χ0v) is 15.7. The first-order valence-corrected chi connectivity index (χ1v) is 8.65. The lowest BCUT2D eigenvalue weighted by molar-refractivity contribution is 0.102. The van der Waals surface area contributed by atoms with Crippen LogP contribution < -0.4 is 5.73 Å². The molecule has 3 heterocycles. The lowest BCUT2D eigenvalue weighted by atomic mass is 10.1. The molecule has 1 aliphatic carbocycles. The molecule has 6 nitrogen and oxygen atoms in total. The summed E-state index contributed by atoms with van der Waals surface area (Å²) >= 11 is 0. The van der Waals surface area contributed by atoms with Gasteiger partial charge in [0, 0.05) is 29.8 Å². The van der Waals surface area contributed by atoms with Crippen LogP contribution in [0.3, 0.4) is 0 Å². The lowest BCUT2D eigenvalue weighted by Crippen LogP contribution is -1.99. The van der Waals surface area contributed by atoms with Crippen molar-refractivity contribution >= 4 is 22.9 Å². The summed E-state index contributed by atoms with van der Waals surface area (Å²) in [6, 6.07) is 5.89. The number of rotatable bonds is 2. The van der Waals surface area contributed by atoms with Gasteiger partial charge in [-0.3, -0.25) is 9.98 Å². The highest BCUT2D eigenvalue weighted by atomic mass is 19.3. The van der Waals surface area contributed by atoms with E-state index in [0.717, 1.165) is 33.9 Å². The fourth-order valence-electron chi connectivity index (χ4n) is 2.54. The average molecular weight is 372 g/mol. The fraction of sp³-hybridized carbons (Fsp3) is 0.368. The number of aromatic nitrogens is 4. The van der Waals surface area contributed by atoms with E-state index in [1.54, 1.807) is 17.6 Å². The summed E-state index contributed by atoms with van der Waals surface area (Å²) in [6.45, 7) is 7.45. The number of nitrogens with zero attached hydrogens (tertiary/aromatic N) is 5. The van der Waals surface area contributed by atoms with E-state index in [2.05, 4.69) is 20.1 Å². The average Bonchev–Trinajstić information content (AvgIpc) is 2.97. The largest absolute Gasteiger partial charge is 0.367 e. The van der Waals surface area contributed by atoms with Crippen LogP contribution in [0.1, 0.15) is 32.9 Å². The minimum Gasteiger partial charge on any atom is -0.367 e. The molecule has 0 amide bonds. The predicted molar refractivity (Wildman–Crippen MR) is 103 cm³/mol. The molecule has 0 radical (unpaired) electrons. The van der Waals surface area contributed by atoms with Crippen LogP contribution in [-0.2, 0) is 0 Å². The third-order valence-electron chi connectivity index (χ3n) is 4.25. The second kappa shape index (κ2) is 7.02. The van der Waals surface area contributed by atoms with Gasteiger partial charge >= 0.3 is 0 Å². The van der Waals surface area contributed by atoms with Crippen molar-refractivity contribution in [2.45, 2.75) is 40.0 Å². The maximum absolute atomic E-state index is 11.5. The topological polar surface area (TPSA) is 81.5 Å². The Morgan fingerprint density at radius 3 is 2.52 bits per heavy atom. The second-order valence-electron chi connectivity index (χ2n) is 6.90. The Bertz CT molecular complexity index is 1000. The Kier molecular flexibility index (Phi) is 4.91. The van der Waals surface area contributed by atoms with Crippen LogP contribution in [-0.4, -0.2) is 31.2 Å². The molecular formula is C19H22F2N6. The summed E-state index contributed by atoms with van der Waals surface area (Å²) in [5.74, 6) is -2.38. The molecule has 27 heavy (non-hydrogen) atoms. The summed E-state index contributed by atoms with van der Waals surface area (Å²) in [6.07, 6.45) is 3.66. The van der Waals surface area contributed by atoms with Gasteiger partial charge in [-0.05, 0) is 39.0 Å². The zero-order chi connectivity index (χ0) is 19.8. The van der Waals surface area contributed by atoms with Gasteiger partial charge in [0.25, 0.3) is 5.92 Å². The second-order valence-corrected chi connectivity index (χ2v) is 6.90. The van der Waals surface area contributed by atoms with Gasteiger partial charge in [-0.15, -0.1) is 5.10 Å². The van der Waals surface area contributed by atoms with E-state index < -0.39 is 5.92 Å². The van der Waals surface area contributed by atoms with Gasteiger partial charge in [0.15, 0.2) is 0 Å². The zero-order valence-electron chi connectivity index (χ0n) is 15.7. The molecule has 142 valence electrons. The summed E-state index contributed by atoms with van der Waals surface area (Å²) in [5, 5.41) is 4.13. The highest BCUT2D eigenvalue weighted by Gasteiger charge is 2.53. The van der Waals surface area contributed by atoms with Gasteiger partial charge < -0.3 is 5.73 Å². The van der Waals surface area contributed by atoms with E-state index in [9.17, 15) is 8.78 Å². The van der Waals surface area contributed by atoms with Crippen molar-refractivity contribution < 1.29 is 8.78 Å². The minimum atomic E-state index is -2.29. The van der Waals surface area contributed by atoms with Gasteiger partial charge in [0.05, 0.1) is 28.8 Å². The number of hydrogen-bond acceptors (Lipinski definition) is 5. The Morgan fingerprint density at radius 1 is 1.30 bits per heavy atom. The van der Waals surface area contributed by atoms with Crippen molar-refractivity contribution in [1.82, 2.24) is 19.6 Å². The van der Waals surface area contributed by atoms with Crippen molar-refractivity contribution in [3.63, 3.8) is 0 Å². The van der Waals surface area contributed by atoms with Crippen molar-refractivity contribution in [2.75, 3.05) is 5.73 Å². The first-order valence-electron chi connectivity index (χ1n) is 8.65. The maximum atomic E-state index is 11.5. The molecule has 1 fully saturated rings. The molecule has 0 saturated heterocycles. The number of nitrogens with two attached hydrogens (primary N) is 1. The third kappa shape index (κ3) is 4.27. The molecule has 1 saturated carbocycles. The number of hydrogen-bond donors (Lipinski definition) is 1. The van der Waals surface area contributed by atoms with Gasteiger partial charge in [0.2, 0.25) is 5.95 Å². The maximum Gasteiger partial charge on any atom is 0.251 e. The van der Waals surface area contributed by atoms with Gasteiger partial charge in [-0.25, -0.2) is 18.3 Å². The highest BCUT2D eigenvalue weighted by Crippen LogP contribution is 2.47. The summed E-state index contributed by atoms with van der Waals surface area (Å²) in [7, 11) is 0. The SMILES string of the molecule is CC(C)=Nc1ccc(-c2ccn3nc(N)ncc23)nc1C.CC1CC1(F)F. The Balaban J connectivity index is 0.000000299. The number of halogens is 2. The van der Waals surface area contributed by atoms with Crippen LogP contribution >= 0.6 is 0 Å². The number of fused-ring (bicyclic) bond motifs is 1. The number of aryl methyl sites for hydroxylation is 1. The summed E-state index contributed by atoms with van der Waals surface area (Å²) < 4.78 is 24.8. The van der Waals surface area contributed by atoms with Crippen LogP contribution in [0.2, 0.25) is 0 Å². The van der Waals surface area contributed by atoms with Gasteiger partial charge in [-0.1, -0.05) is 6.92 Å². The number of aliphatic imine (C=N–C) groups is 1. The third-order valence-corrected chi connectivity index (χ3v) is 4.25. The van der Waals surface area contributed by atoms with Crippen LogP contribution in [0.25, 0.3) is 16.8 Å². The van der Waals surface area contributed by atoms with Crippen LogP contribution in [0, 0.1) is 12.8 Å². The van der Waals surface area contributed by atoms with E-state index in [0.29, 0.717) is 0 Å². The lowest BCUT2D eigenvalue weighted by Gasteiger charge is -2.04. The summed E-state index contributed by atoms with van der Waals surface area (Å²) in [4.78, 5) is 13.1. The molecule has 3 aromatic heterocycles. The van der Waals surface area contributed by atoms with Crippen molar-refractivity contribution in [3.8, 4) is 11.3 Å². The Morgan fingerprint density at radius 2 is 1.96 bits per heavy atom. The number of nitrogen functional groups attached to an aromatic ring is 1. The predicted octanol–water partition coefficient (Wildman–Crippen LogP) is 4.46. The molecule has 1 unspecified atom stereocenters. The fourth-order valence-corrected chi connectivity index (χ4v) is 2.54. The van der Waals surface area contributed by atoms with Crippen molar-refractivity contribution in [1.29, 1.82) is 0 Å². The number of alkyl halides is 2. The smallest absolute Gasteiger partial charge is 0.251 e. The molecule has 2 N–H and O–H groups in total. The standard InChI is InChI=1S/C15H16N6.C4H6F2/c1-9(2)18-12-4-5-13(19-10(12)3)11-6-7-21-14(11)8-17-15(16)20-21;1-3-2-4(3,5)6/h4-8H,1-3H3,(H2,16,20);3H,2H2,1H3. The molecule has 8 heteroatoms. The van der Waals surface area contributed by atoms with E-state index in [1.165, 1.54) is 0 Å². The Labute approximate surface area is 156 Å². The van der Waals surface area contributed by atoms with E-state index >= 15 is 0 Å². The monoisotopic (exact) mass is 372 g/mol. The molecule has 0 aromatic carbocycles. The quantitative estimate of drug-likeness (QED) is 0.674. The van der Waals surface area contributed by atoms with Crippen LogP contribution in [0.5, 0.6) is 0 Å². The molecule has 1 aliphatic rings. The summed E-state index contributed by atoms with van der Waals surface area (Å²) in [5.41, 5.74) is 11.1. The Hall–Kier alpha value is -2.90. The van der Waals surface area contributed by atoms with Crippen LogP contribution in [0.15, 0.2) is 35.6 Å². The normalized spacial score (nSPS) is 17.2. The first kappa shape index (κ1) is 18.9. The van der Waals surface area contributed by atoms with Crippen molar-refractivity contribution in [2.24, 2.45) is 10.9 Å².